The molecule has 0 radical (unpaired) electrons. The lowest BCUT2D eigenvalue weighted by Gasteiger charge is -2.31. The Bertz CT molecular complexity index is 1090. The average molecular weight is 380 g/mol. The fourth-order valence-electron chi connectivity index (χ4n) is 3.83. The second kappa shape index (κ2) is 5.92. The molecule has 0 saturated heterocycles. The Kier molecular flexibility index (Phi) is 3.59. The van der Waals surface area contributed by atoms with Gasteiger partial charge in [0.15, 0.2) is 5.65 Å². The van der Waals surface area contributed by atoms with Gasteiger partial charge in [-0.2, -0.15) is 5.10 Å². The molecular formula is C20H21FN6O. The molecule has 2 aliphatic rings. The summed E-state index contributed by atoms with van der Waals surface area (Å²) in [6.45, 7) is 6.60. The van der Waals surface area contributed by atoms with E-state index < -0.39 is 0 Å². The number of ether oxygens (including phenoxy) is 1. The predicted molar refractivity (Wildman–Crippen MR) is 104 cm³/mol. The number of hydrogen-bond donors (Lipinski definition) is 1. The third-order valence-electron chi connectivity index (χ3n) is 5.62. The second-order valence-corrected chi connectivity index (χ2v) is 7.50. The first-order valence-corrected chi connectivity index (χ1v) is 9.32. The van der Waals surface area contributed by atoms with Crippen LogP contribution in [-0.2, 0) is 5.54 Å². The van der Waals surface area contributed by atoms with Gasteiger partial charge in [0.25, 0.3) is 0 Å². The summed E-state index contributed by atoms with van der Waals surface area (Å²) >= 11 is 0. The van der Waals surface area contributed by atoms with Crippen molar-refractivity contribution >= 4 is 17.2 Å². The molecular weight excluding hydrogens is 359 g/mol. The Morgan fingerprint density at radius 2 is 2.18 bits per heavy atom. The molecule has 3 aromatic rings. The van der Waals surface area contributed by atoms with Crippen LogP contribution in [0.1, 0.15) is 30.9 Å². The van der Waals surface area contributed by atoms with Crippen LogP contribution in [0.5, 0.6) is 5.88 Å². The quantitative estimate of drug-likeness (QED) is 0.647. The van der Waals surface area contributed by atoms with Crippen molar-refractivity contribution in [2.45, 2.75) is 31.4 Å². The van der Waals surface area contributed by atoms with E-state index in [1.165, 1.54) is 12.3 Å². The number of fused-ring (bicyclic) bond motifs is 3. The molecule has 0 aromatic carbocycles. The van der Waals surface area contributed by atoms with Crippen LogP contribution in [0, 0.1) is 5.82 Å². The smallest absolute Gasteiger partial charge is 0.219 e. The minimum Gasteiger partial charge on any atom is -0.473 e. The second-order valence-electron chi connectivity index (χ2n) is 7.50. The minimum atomic E-state index is -0.381. The SMILES string of the molecule is C=C1NC[C@H](C)Oc2ncc(F)cc2C2(CC2)N(C)c2ccn3ncc1c3n2. The lowest BCUT2D eigenvalue weighted by Crippen LogP contribution is -2.34. The topological polar surface area (TPSA) is 67.6 Å². The zero-order valence-electron chi connectivity index (χ0n) is 15.8. The van der Waals surface area contributed by atoms with Gasteiger partial charge in [0.2, 0.25) is 5.88 Å². The van der Waals surface area contributed by atoms with E-state index in [1.54, 1.807) is 10.7 Å². The Hall–Kier alpha value is -3.16. The summed E-state index contributed by atoms with van der Waals surface area (Å²) in [5.74, 6) is 0.878. The first-order chi connectivity index (χ1) is 13.5. The number of aromatic nitrogens is 4. The van der Waals surface area contributed by atoms with Gasteiger partial charge in [-0.1, -0.05) is 6.58 Å². The predicted octanol–water partition coefficient (Wildman–Crippen LogP) is 2.73. The van der Waals surface area contributed by atoms with Crippen LogP contribution in [-0.4, -0.2) is 39.3 Å². The zero-order valence-corrected chi connectivity index (χ0v) is 15.8. The summed E-state index contributed by atoms with van der Waals surface area (Å²) in [4.78, 5) is 11.2. The van der Waals surface area contributed by atoms with Crippen LogP contribution in [0.4, 0.5) is 10.2 Å². The largest absolute Gasteiger partial charge is 0.473 e. The van der Waals surface area contributed by atoms with E-state index in [9.17, 15) is 4.39 Å². The van der Waals surface area contributed by atoms with Gasteiger partial charge in [-0.25, -0.2) is 18.9 Å². The third-order valence-corrected chi connectivity index (χ3v) is 5.62. The van der Waals surface area contributed by atoms with Crippen LogP contribution < -0.4 is 15.0 Å². The Morgan fingerprint density at radius 1 is 1.36 bits per heavy atom. The molecule has 1 aliphatic heterocycles. The first-order valence-electron chi connectivity index (χ1n) is 9.32. The highest BCUT2D eigenvalue weighted by Gasteiger charge is 2.51. The highest BCUT2D eigenvalue weighted by atomic mass is 19.1. The van der Waals surface area contributed by atoms with Crippen molar-refractivity contribution in [3.63, 3.8) is 0 Å². The molecule has 144 valence electrons. The Balaban J connectivity index is 1.70. The monoisotopic (exact) mass is 380 g/mol. The fraction of sp³-hybridized carbons (Fsp3) is 0.350. The van der Waals surface area contributed by atoms with Crippen molar-refractivity contribution in [3.8, 4) is 5.88 Å². The van der Waals surface area contributed by atoms with Gasteiger partial charge in [0.1, 0.15) is 17.7 Å². The molecule has 1 spiro atoms. The van der Waals surface area contributed by atoms with Gasteiger partial charge in [0.05, 0.1) is 30.0 Å². The number of nitrogens with zero attached hydrogens (tertiary/aromatic N) is 5. The van der Waals surface area contributed by atoms with Crippen LogP contribution in [0.15, 0.2) is 37.3 Å². The highest BCUT2D eigenvalue weighted by Crippen LogP contribution is 2.54. The Morgan fingerprint density at radius 3 is 2.96 bits per heavy atom. The maximum absolute atomic E-state index is 14.1. The molecule has 2 bridgehead atoms. The number of rotatable bonds is 0. The van der Waals surface area contributed by atoms with E-state index in [4.69, 9.17) is 9.72 Å². The zero-order chi connectivity index (χ0) is 19.5. The van der Waals surface area contributed by atoms with E-state index in [1.807, 2.05) is 26.2 Å². The van der Waals surface area contributed by atoms with Crippen LogP contribution >= 0.6 is 0 Å². The minimum absolute atomic E-state index is 0.183. The molecule has 0 unspecified atom stereocenters. The van der Waals surface area contributed by atoms with Gasteiger partial charge in [0, 0.05) is 24.5 Å². The van der Waals surface area contributed by atoms with Crippen LogP contribution in [0.25, 0.3) is 11.3 Å². The maximum atomic E-state index is 14.1. The van der Waals surface area contributed by atoms with Crippen molar-refractivity contribution in [3.05, 3.63) is 54.2 Å². The van der Waals surface area contributed by atoms with Crippen molar-refractivity contribution in [2.24, 2.45) is 0 Å². The van der Waals surface area contributed by atoms with E-state index in [0.29, 0.717) is 12.4 Å². The molecule has 4 heterocycles. The summed E-state index contributed by atoms with van der Waals surface area (Å²) in [7, 11) is 1.98. The van der Waals surface area contributed by atoms with Crippen molar-refractivity contribution < 1.29 is 9.13 Å². The van der Waals surface area contributed by atoms with Crippen molar-refractivity contribution in [1.29, 1.82) is 0 Å². The van der Waals surface area contributed by atoms with Crippen molar-refractivity contribution in [2.75, 3.05) is 18.5 Å². The lowest BCUT2D eigenvalue weighted by molar-refractivity contribution is 0.210. The molecule has 1 N–H and O–H groups in total. The van der Waals surface area contributed by atoms with Gasteiger partial charge >= 0.3 is 0 Å². The summed E-state index contributed by atoms with van der Waals surface area (Å²) in [6, 6.07) is 3.45. The molecule has 5 rings (SSSR count). The first kappa shape index (κ1) is 17.0. The van der Waals surface area contributed by atoms with Gasteiger partial charge < -0.3 is 15.0 Å². The maximum Gasteiger partial charge on any atom is 0.219 e. The number of anilines is 1. The molecule has 8 heteroatoms. The van der Waals surface area contributed by atoms with E-state index >= 15 is 0 Å². The third kappa shape index (κ3) is 2.51. The number of nitrogens with one attached hydrogen (secondary N) is 1. The van der Waals surface area contributed by atoms with E-state index in [-0.39, 0.29) is 17.5 Å². The van der Waals surface area contributed by atoms with Gasteiger partial charge in [-0.05, 0) is 31.9 Å². The standard InChI is InChI=1S/C20H21FN6O/c1-12-9-22-13(2)15-11-24-27-7-4-17(25-18(15)27)26(3)20(5-6-20)16-8-14(21)10-23-19(16)28-12/h4,7-8,10-12,22H,2,5-6,9H2,1,3H3/t12-/m0/s1. The highest BCUT2D eigenvalue weighted by molar-refractivity contribution is 5.74. The van der Waals surface area contributed by atoms with E-state index in [0.717, 1.165) is 41.1 Å². The summed E-state index contributed by atoms with van der Waals surface area (Å²) in [5, 5.41) is 7.66. The fourth-order valence-corrected chi connectivity index (χ4v) is 3.83. The molecule has 3 aromatic heterocycles. The molecule has 1 atom stereocenters. The molecule has 28 heavy (non-hydrogen) atoms. The van der Waals surface area contributed by atoms with Crippen LogP contribution in [0.3, 0.4) is 0 Å². The molecule has 1 fully saturated rings. The lowest BCUT2D eigenvalue weighted by atomic mass is 10.0. The van der Waals surface area contributed by atoms with E-state index in [2.05, 4.69) is 26.9 Å². The van der Waals surface area contributed by atoms with Gasteiger partial charge in [-0.3, -0.25) is 0 Å². The molecule has 7 nitrogen and oxygen atoms in total. The summed E-state index contributed by atoms with van der Waals surface area (Å²) < 4.78 is 21.9. The average Bonchev–Trinajstić information content (AvgIpc) is 3.39. The molecule has 1 aliphatic carbocycles. The summed E-state index contributed by atoms with van der Waals surface area (Å²) in [5.41, 5.74) is 2.67. The number of pyridine rings is 1. The van der Waals surface area contributed by atoms with Gasteiger partial charge in [-0.15, -0.1) is 0 Å². The van der Waals surface area contributed by atoms with Crippen LogP contribution in [0.2, 0.25) is 0 Å². The Labute approximate surface area is 161 Å². The van der Waals surface area contributed by atoms with Crippen molar-refractivity contribution in [1.82, 2.24) is 24.9 Å². The number of hydrogen-bond acceptors (Lipinski definition) is 6. The normalized spacial score (nSPS) is 20.8. The number of halogens is 1. The molecule has 0 amide bonds. The summed E-state index contributed by atoms with van der Waals surface area (Å²) in [6.07, 6.45) is 6.41. The molecule has 1 saturated carbocycles.